The summed E-state index contributed by atoms with van der Waals surface area (Å²) in [6.07, 6.45) is 1.74. The third-order valence-electron chi connectivity index (χ3n) is 3.75. The highest BCUT2D eigenvalue weighted by atomic mass is 79.9. The summed E-state index contributed by atoms with van der Waals surface area (Å²) >= 11 is 3.55. The van der Waals surface area contributed by atoms with Gasteiger partial charge in [-0.1, -0.05) is 52.3 Å². The van der Waals surface area contributed by atoms with Crippen LogP contribution in [0.4, 0.5) is 0 Å². The second kappa shape index (κ2) is 6.57. The maximum Gasteiger partial charge on any atom is 0.268 e. The van der Waals surface area contributed by atoms with E-state index in [-0.39, 0.29) is 0 Å². The molecule has 25 heavy (non-hydrogen) atoms. The first-order valence-electron chi connectivity index (χ1n) is 7.70. The summed E-state index contributed by atoms with van der Waals surface area (Å²) in [6.45, 7) is 1.87. The molecule has 0 saturated carbocycles. The molecule has 2 aromatic carbocycles. The van der Waals surface area contributed by atoms with Crippen molar-refractivity contribution in [2.45, 2.75) is 6.92 Å². The molecule has 0 amide bonds. The second-order valence-electron chi connectivity index (χ2n) is 5.45. The molecule has 2 aromatic heterocycles. The Balaban J connectivity index is 1.78. The molecule has 0 atom stereocenters. The minimum absolute atomic E-state index is 0.359. The SMILES string of the molecule is Cc1ncc(-c2ccccc2Br)nc1-c1nnc(-c2ccccc2)o1. The molecule has 0 unspecified atom stereocenters. The van der Waals surface area contributed by atoms with Gasteiger partial charge in [-0.25, -0.2) is 4.98 Å². The first-order chi connectivity index (χ1) is 12.2. The molecule has 0 aliphatic carbocycles. The second-order valence-corrected chi connectivity index (χ2v) is 6.30. The van der Waals surface area contributed by atoms with E-state index in [1.807, 2.05) is 61.5 Å². The van der Waals surface area contributed by atoms with Crippen molar-refractivity contribution in [2.75, 3.05) is 0 Å². The smallest absolute Gasteiger partial charge is 0.268 e. The minimum atomic E-state index is 0.359. The van der Waals surface area contributed by atoms with E-state index in [1.54, 1.807) is 6.20 Å². The van der Waals surface area contributed by atoms with Gasteiger partial charge in [0.2, 0.25) is 5.89 Å². The van der Waals surface area contributed by atoms with E-state index >= 15 is 0 Å². The average Bonchev–Trinajstić information content (AvgIpc) is 3.13. The Hall–Kier alpha value is -2.86. The highest BCUT2D eigenvalue weighted by Crippen LogP contribution is 2.29. The first kappa shape index (κ1) is 15.7. The maximum atomic E-state index is 5.82. The molecule has 0 aliphatic rings. The fourth-order valence-electron chi connectivity index (χ4n) is 2.47. The number of hydrogen-bond acceptors (Lipinski definition) is 5. The van der Waals surface area contributed by atoms with Crippen molar-refractivity contribution in [3.8, 4) is 34.3 Å². The van der Waals surface area contributed by atoms with Crippen molar-refractivity contribution < 1.29 is 4.42 Å². The van der Waals surface area contributed by atoms with Crippen LogP contribution in [0.1, 0.15) is 5.69 Å². The van der Waals surface area contributed by atoms with E-state index in [0.717, 1.165) is 27.0 Å². The minimum Gasteiger partial charge on any atom is -0.415 e. The third-order valence-corrected chi connectivity index (χ3v) is 4.45. The fourth-order valence-corrected chi connectivity index (χ4v) is 2.95. The molecule has 6 heteroatoms. The van der Waals surface area contributed by atoms with Crippen molar-refractivity contribution in [3.63, 3.8) is 0 Å². The summed E-state index contributed by atoms with van der Waals surface area (Å²) in [5.41, 5.74) is 3.89. The van der Waals surface area contributed by atoms with Gasteiger partial charge in [-0.2, -0.15) is 0 Å². The summed E-state index contributed by atoms with van der Waals surface area (Å²) in [5.74, 6) is 0.820. The predicted octanol–water partition coefficient (Wildman–Crippen LogP) is 4.93. The van der Waals surface area contributed by atoms with Crippen LogP contribution in [-0.4, -0.2) is 20.2 Å². The quantitative estimate of drug-likeness (QED) is 0.494. The fraction of sp³-hybridized carbons (Fsp3) is 0.0526. The summed E-state index contributed by atoms with van der Waals surface area (Å²) in [7, 11) is 0. The Labute approximate surface area is 152 Å². The van der Waals surface area contributed by atoms with Gasteiger partial charge >= 0.3 is 0 Å². The highest BCUT2D eigenvalue weighted by molar-refractivity contribution is 9.10. The van der Waals surface area contributed by atoms with Crippen LogP contribution in [0.3, 0.4) is 0 Å². The molecular weight excluding hydrogens is 380 g/mol. The van der Waals surface area contributed by atoms with E-state index in [1.165, 1.54) is 0 Å². The van der Waals surface area contributed by atoms with Crippen molar-refractivity contribution in [1.29, 1.82) is 0 Å². The summed E-state index contributed by atoms with van der Waals surface area (Å²) in [6, 6.07) is 17.5. The summed E-state index contributed by atoms with van der Waals surface area (Å²) in [4.78, 5) is 9.14. The molecule has 2 heterocycles. The van der Waals surface area contributed by atoms with Crippen molar-refractivity contribution in [1.82, 2.24) is 20.2 Å². The van der Waals surface area contributed by atoms with Gasteiger partial charge in [0.25, 0.3) is 5.89 Å². The zero-order chi connectivity index (χ0) is 17.2. The summed E-state index contributed by atoms with van der Waals surface area (Å²) < 4.78 is 6.77. The van der Waals surface area contributed by atoms with Crippen LogP contribution in [0.25, 0.3) is 34.3 Å². The van der Waals surface area contributed by atoms with Crippen LogP contribution in [0.2, 0.25) is 0 Å². The number of rotatable bonds is 3. The van der Waals surface area contributed by atoms with Crippen molar-refractivity contribution >= 4 is 15.9 Å². The number of hydrogen-bond donors (Lipinski definition) is 0. The largest absolute Gasteiger partial charge is 0.415 e. The van der Waals surface area contributed by atoms with E-state index in [0.29, 0.717) is 17.5 Å². The average molecular weight is 393 g/mol. The molecule has 0 spiro atoms. The zero-order valence-corrected chi connectivity index (χ0v) is 14.9. The molecular formula is C19H13BrN4O. The first-order valence-corrected chi connectivity index (χ1v) is 8.49. The van der Waals surface area contributed by atoms with Crippen molar-refractivity contribution in [2.24, 2.45) is 0 Å². The molecule has 122 valence electrons. The number of nitrogens with zero attached hydrogens (tertiary/aromatic N) is 4. The number of benzene rings is 2. The van der Waals surface area contributed by atoms with Gasteiger partial charge < -0.3 is 4.42 Å². The van der Waals surface area contributed by atoms with Crippen molar-refractivity contribution in [3.05, 3.63) is 71.0 Å². The Morgan fingerprint density at radius 2 is 1.60 bits per heavy atom. The Morgan fingerprint density at radius 3 is 2.40 bits per heavy atom. The predicted molar refractivity (Wildman–Crippen MR) is 98.6 cm³/mol. The summed E-state index contributed by atoms with van der Waals surface area (Å²) in [5, 5.41) is 8.28. The van der Waals surface area contributed by atoms with Crippen LogP contribution in [0.15, 0.2) is 69.7 Å². The van der Waals surface area contributed by atoms with Gasteiger partial charge in [0.05, 0.1) is 17.6 Å². The maximum absolute atomic E-state index is 5.82. The lowest BCUT2D eigenvalue weighted by molar-refractivity contribution is 0.581. The van der Waals surface area contributed by atoms with E-state index in [9.17, 15) is 0 Å². The highest BCUT2D eigenvalue weighted by Gasteiger charge is 2.16. The number of aryl methyl sites for hydroxylation is 1. The van der Waals surface area contributed by atoms with Gasteiger partial charge in [0, 0.05) is 15.6 Å². The van der Waals surface area contributed by atoms with Crippen LogP contribution in [0, 0.1) is 6.92 Å². The lowest BCUT2D eigenvalue weighted by Gasteiger charge is -2.06. The van der Waals surface area contributed by atoms with Crippen LogP contribution >= 0.6 is 15.9 Å². The normalized spacial score (nSPS) is 10.8. The van der Waals surface area contributed by atoms with Crippen LogP contribution in [0.5, 0.6) is 0 Å². The van der Waals surface area contributed by atoms with Crippen LogP contribution < -0.4 is 0 Å². The topological polar surface area (TPSA) is 64.7 Å². The molecule has 4 aromatic rings. The molecule has 0 aliphatic heterocycles. The Morgan fingerprint density at radius 1 is 0.880 bits per heavy atom. The van der Waals surface area contributed by atoms with E-state index in [4.69, 9.17) is 9.40 Å². The Bertz CT molecular complexity index is 1030. The molecule has 5 nitrogen and oxygen atoms in total. The van der Waals surface area contributed by atoms with Gasteiger partial charge in [0.1, 0.15) is 5.69 Å². The lowest BCUT2D eigenvalue weighted by Crippen LogP contribution is -1.95. The lowest BCUT2D eigenvalue weighted by atomic mass is 10.1. The Kier molecular flexibility index (Phi) is 4.11. The number of aromatic nitrogens is 4. The van der Waals surface area contributed by atoms with Gasteiger partial charge in [0.15, 0.2) is 0 Å². The van der Waals surface area contributed by atoms with Gasteiger partial charge in [-0.15, -0.1) is 10.2 Å². The molecule has 0 saturated heterocycles. The third kappa shape index (κ3) is 3.08. The number of halogens is 1. The molecule has 0 bridgehead atoms. The monoisotopic (exact) mass is 392 g/mol. The molecule has 0 fully saturated rings. The van der Waals surface area contributed by atoms with Gasteiger partial charge in [-0.3, -0.25) is 4.98 Å². The zero-order valence-electron chi connectivity index (χ0n) is 13.3. The standard InChI is InChI=1S/C19H13BrN4O/c1-12-17(19-24-23-18(25-19)13-7-3-2-4-8-13)22-16(11-21-12)14-9-5-6-10-15(14)20/h2-11H,1H3. The van der Waals surface area contributed by atoms with Crippen LogP contribution in [-0.2, 0) is 0 Å². The van der Waals surface area contributed by atoms with Gasteiger partial charge in [-0.05, 0) is 25.1 Å². The van der Waals surface area contributed by atoms with E-state index in [2.05, 4.69) is 31.1 Å². The molecule has 4 rings (SSSR count). The van der Waals surface area contributed by atoms with E-state index < -0.39 is 0 Å². The molecule has 0 N–H and O–H groups in total. The molecule has 0 radical (unpaired) electrons.